The zero-order valence-corrected chi connectivity index (χ0v) is 20.8. The third-order valence-electron chi connectivity index (χ3n) is 6.24. The first kappa shape index (κ1) is 25.1. The van der Waals surface area contributed by atoms with E-state index in [4.69, 9.17) is 16.6 Å². The van der Waals surface area contributed by atoms with Crippen molar-refractivity contribution in [3.05, 3.63) is 108 Å². The molecule has 0 spiro atoms. The molecule has 0 saturated carbocycles. The summed E-state index contributed by atoms with van der Waals surface area (Å²) in [6, 6.07) is 20.6. The molecule has 5 rings (SSSR count). The van der Waals surface area contributed by atoms with E-state index < -0.39 is 5.97 Å². The summed E-state index contributed by atoms with van der Waals surface area (Å²) < 4.78 is 19.4. The minimum atomic E-state index is -1.00. The monoisotopic (exact) mass is 530 g/mol. The number of aromatic carboxylic acids is 1. The van der Waals surface area contributed by atoms with Gasteiger partial charge in [0.05, 0.1) is 17.3 Å². The Hall–Kier alpha value is -4.57. The predicted molar refractivity (Wildman–Crippen MR) is 143 cm³/mol. The van der Waals surface area contributed by atoms with E-state index in [1.165, 1.54) is 36.4 Å². The number of carbonyl (C=O) groups excluding carboxylic acids is 1. The number of nitrogens with zero attached hydrogens (tertiary/aromatic N) is 2. The number of aromatic nitrogens is 1. The van der Waals surface area contributed by atoms with E-state index in [2.05, 4.69) is 15.6 Å². The molecule has 3 heterocycles. The molecule has 1 aliphatic heterocycles. The molecule has 2 aromatic carbocycles. The van der Waals surface area contributed by atoms with E-state index >= 15 is 0 Å². The number of pyridine rings is 1. The number of carboxylic acid groups (broad SMARTS) is 1. The van der Waals surface area contributed by atoms with Gasteiger partial charge in [-0.25, -0.2) is 9.18 Å². The quantitative estimate of drug-likeness (QED) is 0.268. The lowest BCUT2D eigenvalue weighted by Crippen LogP contribution is -2.32. The summed E-state index contributed by atoms with van der Waals surface area (Å²) in [4.78, 5) is 30.2. The maximum absolute atomic E-state index is 13.2. The Morgan fingerprint density at radius 1 is 1.05 bits per heavy atom. The third kappa shape index (κ3) is 5.40. The number of halogens is 1. The number of thiocarbonyl (C=S) groups is 1. The molecule has 2 atom stereocenters. The van der Waals surface area contributed by atoms with Crippen molar-refractivity contribution in [2.75, 3.05) is 11.9 Å². The van der Waals surface area contributed by atoms with Gasteiger partial charge < -0.3 is 25.1 Å². The molecule has 1 amide bonds. The van der Waals surface area contributed by atoms with Crippen LogP contribution >= 0.6 is 12.2 Å². The number of benzene rings is 2. The fourth-order valence-electron chi connectivity index (χ4n) is 4.38. The minimum Gasteiger partial charge on any atom is -0.478 e. The highest BCUT2D eigenvalue weighted by atomic mass is 32.1. The molecular formula is C28H23FN4O4S. The van der Waals surface area contributed by atoms with E-state index in [-0.39, 0.29) is 35.8 Å². The molecular weight excluding hydrogens is 507 g/mol. The van der Waals surface area contributed by atoms with E-state index in [0.29, 0.717) is 28.9 Å². The van der Waals surface area contributed by atoms with Gasteiger partial charge in [0.25, 0.3) is 0 Å². The van der Waals surface area contributed by atoms with Crippen molar-refractivity contribution >= 4 is 34.9 Å². The number of amides is 1. The number of carboxylic acids is 1. The highest BCUT2D eigenvalue weighted by Gasteiger charge is 2.41. The zero-order valence-electron chi connectivity index (χ0n) is 20.0. The topological polar surface area (TPSA) is 108 Å². The molecule has 0 unspecified atom stereocenters. The van der Waals surface area contributed by atoms with E-state index in [9.17, 15) is 19.1 Å². The van der Waals surface area contributed by atoms with Crippen molar-refractivity contribution in [1.29, 1.82) is 0 Å². The summed E-state index contributed by atoms with van der Waals surface area (Å²) >= 11 is 5.65. The van der Waals surface area contributed by atoms with Crippen molar-refractivity contribution in [2.24, 2.45) is 0 Å². The summed E-state index contributed by atoms with van der Waals surface area (Å²) in [5.74, 6) is -0.430. The van der Waals surface area contributed by atoms with Gasteiger partial charge in [0, 0.05) is 30.4 Å². The molecule has 4 aromatic rings. The van der Waals surface area contributed by atoms with Crippen LogP contribution in [0.1, 0.15) is 40.3 Å². The fourth-order valence-corrected chi connectivity index (χ4v) is 4.71. The second-order valence-corrected chi connectivity index (χ2v) is 9.10. The third-order valence-corrected chi connectivity index (χ3v) is 6.59. The number of furan rings is 1. The lowest BCUT2D eigenvalue weighted by atomic mass is 10.0. The van der Waals surface area contributed by atoms with Crippen LogP contribution in [0.3, 0.4) is 0 Å². The minimum absolute atomic E-state index is 0.134. The molecule has 1 aliphatic rings. The maximum Gasteiger partial charge on any atom is 0.335 e. The van der Waals surface area contributed by atoms with Gasteiger partial charge in [-0.2, -0.15) is 0 Å². The highest BCUT2D eigenvalue weighted by molar-refractivity contribution is 7.80. The Kier molecular flexibility index (Phi) is 7.14. The Morgan fingerprint density at radius 2 is 1.82 bits per heavy atom. The number of anilines is 1. The van der Waals surface area contributed by atoms with Crippen molar-refractivity contribution < 1.29 is 23.5 Å². The lowest BCUT2D eigenvalue weighted by Gasteiger charge is -2.25. The average Bonchev–Trinajstić information content (AvgIpc) is 3.54. The van der Waals surface area contributed by atoms with Crippen LogP contribution in [0.4, 0.5) is 10.1 Å². The van der Waals surface area contributed by atoms with Crippen LogP contribution in [0, 0.1) is 5.82 Å². The molecule has 0 aliphatic carbocycles. The maximum atomic E-state index is 13.2. The van der Waals surface area contributed by atoms with Gasteiger partial charge in [-0.05, 0) is 72.9 Å². The van der Waals surface area contributed by atoms with Gasteiger partial charge in [0.15, 0.2) is 5.11 Å². The Balaban J connectivity index is 1.38. The molecule has 10 heteroatoms. The van der Waals surface area contributed by atoms with Gasteiger partial charge >= 0.3 is 5.97 Å². The summed E-state index contributed by atoms with van der Waals surface area (Å²) in [5, 5.41) is 15.7. The number of hydrogen-bond donors (Lipinski definition) is 3. The number of carbonyl (C=O) groups is 2. The second kappa shape index (κ2) is 10.8. The fraction of sp³-hybridized carbons (Fsp3) is 0.143. The van der Waals surface area contributed by atoms with Crippen LogP contribution < -0.4 is 10.6 Å². The number of hydrogen-bond acceptors (Lipinski definition) is 5. The Bertz CT molecular complexity index is 1460. The molecule has 1 fully saturated rings. The number of nitrogens with one attached hydrogen (secondary N) is 2. The first-order valence-electron chi connectivity index (χ1n) is 11.9. The van der Waals surface area contributed by atoms with Gasteiger partial charge in [-0.15, -0.1) is 0 Å². The molecule has 192 valence electrons. The zero-order chi connectivity index (χ0) is 26.6. The molecule has 0 radical (unpaired) electrons. The normalized spacial score (nSPS) is 16.8. The van der Waals surface area contributed by atoms with Crippen LogP contribution in [0.25, 0.3) is 11.3 Å². The van der Waals surface area contributed by atoms with Crippen molar-refractivity contribution in [3.8, 4) is 11.3 Å². The summed E-state index contributed by atoms with van der Waals surface area (Å²) in [6.45, 7) is 0.302. The largest absolute Gasteiger partial charge is 0.478 e. The van der Waals surface area contributed by atoms with Crippen LogP contribution in [-0.2, 0) is 4.79 Å². The van der Waals surface area contributed by atoms with Crippen LogP contribution in [0.5, 0.6) is 0 Å². The van der Waals surface area contributed by atoms with Gasteiger partial charge in [0.2, 0.25) is 5.91 Å². The van der Waals surface area contributed by atoms with Crippen LogP contribution in [0.2, 0.25) is 0 Å². The first-order valence-corrected chi connectivity index (χ1v) is 12.3. The molecule has 2 aromatic heterocycles. The van der Waals surface area contributed by atoms with Gasteiger partial charge in [0.1, 0.15) is 23.4 Å². The van der Waals surface area contributed by atoms with Crippen LogP contribution in [-0.4, -0.2) is 38.5 Å². The molecule has 8 nitrogen and oxygen atoms in total. The SMILES string of the molecule is O=C(CCN1C(=S)N[C@@H](c2ccccn2)[C@@H]1c1ccc(-c2ccc(C(=O)O)cc2)o1)Nc1ccc(F)cc1. The summed E-state index contributed by atoms with van der Waals surface area (Å²) in [5.41, 5.74) is 2.19. The second-order valence-electron chi connectivity index (χ2n) is 8.71. The lowest BCUT2D eigenvalue weighted by molar-refractivity contribution is -0.116. The molecule has 38 heavy (non-hydrogen) atoms. The summed E-state index contributed by atoms with van der Waals surface area (Å²) in [6.07, 6.45) is 1.84. The first-order chi connectivity index (χ1) is 18.4. The van der Waals surface area contributed by atoms with Crippen molar-refractivity contribution in [2.45, 2.75) is 18.5 Å². The van der Waals surface area contributed by atoms with E-state index in [1.807, 2.05) is 35.2 Å². The number of rotatable bonds is 8. The highest BCUT2D eigenvalue weighted by Crippen LogP contribution is 2.40. The molecule has 0 bridgehead atoms. The smallest absolute Gasteiger partial charge is 0.335 e. The standard InChI is InChI=1S/C28H23FN4O4S/c29-19-8-10-20(11-9-19)31-24(34)14-16-33-26(25(32-28(33)38)21-3-1-2-15-30-21)23-13-12-22(37-23)17-4-6-18(7-5-17)27(35)36/h1-13,15,25-26H,14,16H2,(H,31,34)(H,32,38)(H,35,36)/t25-,26-/m0/s1. The van der Waals surface area contributed by atoms with Gasteiger partial charge in [-0.1, -0.05) is 18.2 Å². The average molecular weight is 531 g/mol. The molecule has 1 saturated heterocycles. The molecule has 3 N–H and O–H groups in total. The predicted octanol–water partition coefficient (Wildman–Crippen LogP) is 5.18. The van der Waals surface area contributed by atoms with E-state index in [0.717, 1.165) is 11.3 Å². The Morgan fingerprint density at radius 3 is 2.50 bits per heavy atom. The van der Waals surface area contributed by atoms with Crippen LogP contribution in [0.15, 0.2) is 89.5 Å². The van der Waals surface area contributed by atoms with Gasteiger partial charge in [-0.3, -0.25) is 9.78 Å². The van der Waals surface area contributed by atoms with Crippen molar-refractivity contribution in [1.82, 2.24) is 15.2 Å². The summed E-state index contributed by atoms with van der Waals surface area (Å²) in [7, 11) is 0. The van der Waals surface area contributed by atoms with Crippen molar-refractivity contribution in [3.63, 3.8) is 0 Å². The van der Waals surface area contributed by atoms with E-state index in [1.54, 1.807) is 18.3 Å². The Labute approximate surface area is 223 Å².